The fourth-order valence-corrected chi connectivity index (χ4v) is 2.30. The third-order valence-corrected chi connectivity index (χ3v) is 3.47. The lowest BCUT2D eigenvalue weighted by molar-refractivity contribution is -0.149. The van der Waals surface area contributed by atoms with E-state index in [4.69, 9.17) is 5.11 Å². The zero-order chi connectivity index (χ0) is 16.7. The summed E-state index contributed by atoms with van der Waals surface area (Å²) in [4.78, 5) is 35.2. The lowest BCUT2D eigenvalue weighted by atomic mass is 9.89. The summed E-state index contributed by atoms with van der Waals surface area (Å²) in [6.45, 7) is 3.77. The Kier molecular flexibility index (Phi) is 6.92. The van der Waals surface area contributed by atoms with Crippen LogP contribution in [-0.2, 0) is 16.0 Å². The summed E-state index contributed by atoms with van der Waals surface area (Å²) >= 11 is 0. The highest BCUT2D eigenvalue weighted by Gasteiger charge is 2.37. The van der Waals surface area contributed by atoms with E-state index >= 15 is 0 Å². The van der Waals surface area contributed by atoms with E-state index in [0.29, 0.717) is 6.42 Å². The number of aliphatic hydroxyl groups is 1. The maximum absolute atomic E-state index is 12.2. The number of hydrogen-bond acceptors (Lipinski definition) is 4. The van der Waals surface area contributed by atoms with Crippen LogP contribution in [0.25, 0.3) is 0 Å². The SMILES string of the molecule is CCCC(=O)C(C(=O)O)C(O)C(=O)c1ccc(CCC)cc1. The summed E-state index contributed by atoms with van der Waals surface area (Å²) in [7, 11) is 0. The maximum Gasteiger partial charge on any atom is 0.317 e. The van der Waals surface area contributed by atoms with Crippen LogP contribution in [0.3, 0.4) is 0 Å². The fraction of sp³-hybridized carbons (Fsp3) is 0.471. The number of aliphatic hydroxyl groups excluding tert-OH is 1. The lowest BCUT2D eigenvalue weighted by Crippen LogP contribution is -2.40. The van der Waals surface area contributed by atoms with Gasteiger partial charge in [0.25, 0.3) is 0 Å². The predicted molar refractivity (Wildman–Crippen MR) is 81.8 cm³/mol. The molecule has 2 N–H and O–H groups in total. The normalized spacial score (nSPS) is 13.4. The minimum atomic E-state index is -1.85. The van der Waals surface area contributed by atoms with Crippen LogP contribution < -0.4 is 0 Å². The quantitative estimate of drug-likeness (QED) is 0.539. The van der Waals surface area contributed by atoms with Gasteiger partial charge in [-0.1, -0.05) is 44.5 Å². The molecule has 0 aliphatic heterocycles. The van der Waals surface area contributed by atoms with Gasteiger partial charge >= 0.3 is 5.97 Å². The summed E-state index contributed by atoms with van der Waals surface area (Å²) < 4.78 is 0. The number of carbonyl (C=O) groups excluding carboxylic acids is 2. The molecule has 1 aromatic carbocycles. The summed E-state index contributed by atoms with van der Waals surface area (Å²) in [6.07, 6.45) is 0.492. The van der Waals surface area contributed by atoms with Crippen LogP contribution in [0.4, 0.5) is 0 Å². The number of carboxylic acids is 1. The first kappa shape index (κ1) is 18.0. The molecule has 0 amide bonds. The van der Waals surface area contributed by atoms with Crippen molar-refractivity contribution in [2.24, 2.45) is 5.92 Å². The maximum atomic E-state index is 12.2. The number of Topliss-reactive ketones (excluding diaryl/α,β-unsaturated/α-hetero) is 2. The van der Waals surface area contributed by atoms with Crippen molar-refractivity contribution in [3.05, 3.63) is 35.4 Å². The van der Waals surface area contributed by atoms with Crippen LogP contribution in [-0.4, -0.2) is 33.9 Å². The van der Waals surface area contributed by atoms with E-state index in [9.17, 15) is 19.5 Å². The van der Waals surface area contributed by atoms with E-state index in [1.807, 2.05) is 6.92 Å². The first-order valence-electron chi connectivity index (χ1n) is 7.49. The van der Waals surface area contributed by atoms with Gasteiger partial charge in [0.2, 0.25) is 0 Å². The molecule has 0 heterocycles. The number of rotatable bonds is 9. The lowest BCUT2D eigenvalue weighted by Gasteiger charge is -2.17. The van der Waals surface area contributed by atoms with Gasteiger partial charge in [0.1, 0.15) is 17.8 Å². The molecule has 2 unspecified atom stereocenters. The Hall–Kier alpha value is -2.01. The minimum Gasteiger partial charge on any atom is -0.481 e. The third kappa shape index (κ3) is 4.49. The van der Waals surface area contributed by atoms with E-state index < -0.39 is 29.6 Å². The smallest absolute Gasteiger partial charge is 0.317 e. The number of ketones is 2. The Balaban J connectivity index is 2.93. The standard InChI is InChI=1S/C17H22O5/c1-3-5-11-7-9-12(10-8-11)15(19)16(20)14(17(21)22)13(18)6-4-2/h7-10,14,16,20H,3-6H2,1-2H3,(H,21,22). The Morgan fingerprint density at radius 2 is 1.64 bits per heavy atom. The molecule has 0 saturated carbocycles. The van der Waals surface area contributed by atoms with Crippen molar-refractivity contribution in [3.63, 3.8) is 0 Å². The average Bonchev–Trinajstić information content (AvgIpc) is 2.47. The van der Waals surface area contributed by atoms with Crippen molar-refractivity contribution in [2.75, 3.05) is 0 Å². The molecular formula is C17H22O5. The van der Waals surface area contributed by atoms with Gasteiger partial charge in [-0.05, 0) is 18.4 Å². The van der Waals surface area contributed by atoms with E-state index in [2.05, 4.69) is 0 Å². The molecule has 0 aliphatic carbocycles. The van der Waals surface area contributed by atoms with E-state index in [1.54, 1.807) is 31.2 Å². The van der Waals surface area contributed by atoms with Gasteiger partial charge in [0, 0.05) is 12.0 Å². The summed E-state index contributed by atoms with van der Waals surface area (Å²) in [6, 6.07) is 6.65. The highest BCUT2D eigenvalue weighted by atomic mass is 16.4. The number of carbonyl (C=O) groups is 3. The second kappa shape index (κ2) is 8.44. The largest absolute Gasteiger partial charge is 0.481 e. The molecule has 5 nitrogen and oxygen atoms in total. The zero-order valence-electron chi connectivity index (χ0n) is 12.9. The van der Waals surface area contributed by atoms with Crippen molar-refractivity contribution in [3.8, 4) is 0 Å². The first-order valence-corrected chi connectivity index (χ1v) is 7.49. The molecule has 1 aromatic rings. The molecule has 0 aromatic heterocycles. The molecular weight excluding hydrogens is 284 g/mol. The monoisotopic (exact) mass is 306 g/mol. The second-order valence-corrected chi connectivity index (χ2v) is 5.29. The van der Waals surface area contributed by atoms with Gasteiger partial charge < -0.3 is 10.2 Å². The molecule has 2 atom stereocenters. The third-order valence-electron chi connectivity index (χ3n) is 3.47. The van der Waals surface area contributed by atoms with Gasteiger partial charge in [-0.3, -0.25) is 14.4 Å². The Labute approximate surface area is 130 Å². The Morgan fingerprint density at radius 3 is 2.09 bits per heavy atom. The van der Waals surface area contributed by atoms with Crippen molar-refractivity contribution in [2.45, 2.75) is 45.6 Å². The van der Waals surface area contributed by atoms with Gasteiger partial charge in [-0.15, -0.1) is 0 Å². The molecule has 1 rings (SSSR count). The molecule has 0 fully saturated rings. The topological polar surface area (TPSA) is 91.7 Å². The highest BCUT2D eigenvalue weighted by Crippen LogP contribution is 2.16. The summed E-state index contributed by atoms with van der Waals surface area (Å²) in [5.74, 6) is -4.54. The molecule has 120 valence electrons. The van der Waals surface area contributed by atoms with Crippen molar-refractivity contribution in [1.29, 1.82) is 0 Å². The Morgan fingerprint density at radius 1 is 1.05 bits per heavy atom. The van der Waals surface area contributed by atoms with Crippen LogP contribution in [0, 0.1) is 5.92 Å². The Bertz CT molecular complexity index is 532. The zero-order valence-corrected chi connectivity index (χ0v) is 12.9. The van der Waals surface area contributed by atoms with Crippen LogP contribution >= 0.6 is 0 Å². The molecule has 22 heavy (non-hydrogen) atoms. The van der Waals surface area contributed by atoms with Crippen LogP contribution in [0.5, 0.6) is 0 Å². The van der Waals surface area contributed by atoms with Crippen molar-refractivity contribution >= 4 is 17.5 Å². The highest BCUT2D eigenvalue weighted by molar-refractivity contribution is 6.08. The second-order valence-electron chi connectivity index (χ2n) is 5.29. The number of benzene rings is 1. The molecule has 0 bridgehead atoms. The number of aryl methyl sites for hydroxylation is 1. The van der Waals surface area contributed by atoms with Gasteiger partial charge in [0.15, 0.2) is 5.78 Å². The van der Waals surface area contributed by atoms with Crippen molar-refractivity contribution < 1.29 is 24.6 Å². The molecule has 0 radical (unpaired) electrons. The van der Waals surface area contributed by atoms with Gasteiger partial charge in [0.05, 0.1) is 0 Å². The summed E-state index contributed by atoms with van der Waals surface area (Å²) in [5, 5.41) is 19.1. The van der Waals surface area contributed by atoms with Crippen LogP contribution in [0.2, 0.25) is 0 Å². The van der Waals surface area contributed by atoms with E-state index in [-0.39, 0.29) is 12.0 Å². The molecule has 0 aliphatic rings. The van der Waals surface area contributed by atoms with Crippen LogP contribution in [0.15, 0.2) is 24.3 Å². The van der Waals surface area contributed by atoms with E-state index in [0.717, 1.165) is 18.4 Å². The predicted octanol–water partition coefficient (Wildman–Crippen LogP) is 2.25. The minimum absolute atomic E-state index is 0.0245. The van der Waals surface area contributed by atoms with Crippen LogP contribution in [0.1, 0.15) is 49.0 Å². The first-order chi connectivity index (χ1) is 10.4. The average molecular weight is 306 g/mol. The molecule has 0 spiro atoms. The number of aliphatic carboxylic acids is 1. The summed E-state index contributed by atoms with van der Waals surface area (Å²) in [5.41, 5.74) is 1.27. The number of carboxylic acid groups (broad SMARTS) is 1. The van der Waals surface area contributed by atoms with E-state index in [1.165, 1.54) is 0 Å². The van der Waals surface area contributed by atoms with Crippen molar-refractivity contribution in [1.82, 2.24) is 0 Å². The molecule has 5 heteroatoms. The number of hydrogen-bond donors (Lipinski definition) is 2. The molecule has 0 saturated heterocycles. The van der Waals surface area contributed by atoms with Gasteiger partial charge in [-0.25, -0.2) is 0 Å². The fourth-order valence-electron chi connectivity index (χ4n) is 2.30. The van der Waals surface area contributed by atoms with Gasteiger partial charge in [-0.2, -0.15) is 0 Å².